The van der Waals surface area contributed by atoms with Gasteiger partial charge < -0.3 is 104 Å². The van der Waals surface area contributed by atoms with Crippen LogP contribution >= 0.6 is 11.6 Å². The number of alkyl carbamates (subject to hydrolysis) is 1. The average Bonchev–Trinajstić information content (AvgIpc) is 1.51. The summed E-state index contributed by atoms with van der Waals surface area (Å²) >= 11 is 6.39. The second-order valence-corrected chi connectivity index (χ2v) is 31.0. The number of cyclic esters (lactones) is 1. The molecule has 5 atom stereocenters. The Morgan fingerprint density at radius 3 is 2.29 bits per heavy atom. The molecule has 4 aromatic heterocycles. The van der Waals surface area contributed by atoms with Gasteiger partial charge in [0.1, 0.15) is 54.6 Å². The number of urea groups is 1. The van der Waals surface area contributed by atoms with Gasteiger partial charge in [0, 0.05) is 127 Å². The predicted octanol–water partition coefficient (Wildman–Crippen LogP) is 6.15. The van der Waals surface area contributed by atoms with E-state index in [1.807, 2.05) is 13.0 Å². The lowest BCUT2D eigenvalue weighted by Crippen LogP contribution is -2.58. The number of pyridine rings is 3. The smallest absolute Gasteiger partial charge is 0.407 e. The number of primary amides is 1. The Morgan fingerprint density at radius 2 is 1.57 bits per heavy atom. The number of nitrogens with one attached hydrogen (secondary N) is 10. The molecule has 18 N–H and O–H groups in total. The Morgan fingerprint density at radius 1 is 0.808 bits per heavy atom. The van der Waals surface area contributed by atoms with Crippen LogP contribution in [0.3, 0.4) is 0 Å². The molecule has 120 heavy (non-hydrogen) atoms. The molecule has 12 rings (SSSR count). The van der Waals surface area contributed by atoms with Gasteiger partial charge in [0.05, 0.1) is 70.6 Å². The SMILES string of the molecule is CC[C@@]1(O)C(=O)OCc2c1cc1n(c2=O)Cc2c-1nc1cc(F)c(C)c3c1c2[C@@H](NC(=O)OCc1ccc(NC(=O)[C@H](CCCNC(N)=O)NC(=O)[C@@H](NC(=O)[C@H](CCC(=O)O)NC(=O)CCOCCC(=O)NCCNc2ncc(-c4cc(C)cc(F)c4)c(N4CCC(N)CC4)c2-c2nc4ccc(Cl)cc4[nH]2)C(C)C)cc1C(=O)NCCN)CC3. The Bertz CT molecular complexity index is 5390. The molecule has 7 heterocycles. The highest BCUT2D eigenvalue weighted by Gasteiger charge is 2.46. The number of halogens is 3. The number of aromatic nitrogens is 5. The number of aromatic amines is 1. The number of fused-ring (bicyclic) bond motifs is 6. The molecule has 3 aliphatic heterocycles. The van der Waals surface area contributed by atoms with Crippen LogP contribution in [-0.2, 0) is 79.6 Å². The monoisotopic (exact) mass is 1670 g/mol. The lowest BCUT2D eigenvalue weighted by molar-refractivity contribution is -0.172. The fourth-order valence-electron chi connectivity index (χ4n) is 15.6. The number of aryl methyl sites for hydroxylation is 2. The third kappa shape index (κ3) is 19.9. The highest BCUT2D eigenvalue weighted by atomic mass is 35.5. The molecule has 8 aromatic rings. The number of H-pyrrole nitrogens is 1. The van der Waals surface area contributed by atoms with Crippen LogP contribution in [0.15, 0.2) is 77.7 Å². The molecule has 34 nitrogen and oxygen atoms in total. The van der Waals surface area contributed by atoms with E-state index in [1.54, 1.807) is 52.1 Å². The number of nitrogens with zero attached hydrogens (tertiary/aromatic N) is 5. The van der Waals surface area contributed by atoms with Crippen molar-refractivity contribution in [3.8, 4) is 33.9 Å². The molecule has 0 bridgehead atoms. The molecule has 9 amide bonds. The zero-order valence-corrected chi connectivity index (χ0v) is 67.6. The number of rotatable bonds is 35. The normalized spacial score (nSPS) is 16.1. The van der Waals surface area contributed by atoms with Gasteiger partial charge in [-0.3, -0.25) is 38.4 Å². The molecule has 1 fully saturated rings. The zero-order valence-electron chi connectivity index (χ0n) is 66.9. The summed E-state index contributed by atoms with van der Waals surface area (Å²) in [6, 6.07) is 11.1. The number of hydrogen-bond donors (Lipinski definition) is 15. The van der Waals surface area contributed by atoms with Crippen molar-refractivity contribution in [1.82, 2.24) is 61.7 Å². The van der Waals surface area contributed by atoms with Gasteiger partial charge in [-0.15, -0.1) is 0 Å². The number of ether oxygens (including phenoxy) is 3. The number of hydrogen-bond acceptors (Lipinski definition) is 22. The number of nitrogens with two attached hydrogens (primary N) is 3. The van der Waals surface area contributed by atoms with Crippen LogP contribution in [0.25, 0.3) is 55.8 Å². The van der Waals surface area contributed by atoms with Gasteiger partial charge in [0.25, 0.3) is 11.5 Å². The first-order valence-corrected chi connectivity index (χ1v) is 40.2. The van der Waals surface area contributed by atoms with E-state index in [4.69, 9.17) is 58.0 Å². The number of carbonyl (C=O) groups is 10. The molecule has 0 spiro atoms. The summed E-state index contributed by atoms with van der Waals surface area (Å²) < 4.78 is 48.9. The predicted molar refractivity (Wildman–Crippen MR) is 440 cm³/mol. The molecule has 636 valence electrons. The lowest BCUT2D eigenvalue weighted by Gasteiger charge is -2.35. The number of carbonyl (C=O) groups excluding carboxylic acids is 9. The fourth-order valence-corrected chi connectivity index (χ4v) is 15.8. The number of carboxylic acids is 1. The molecule has 1 saturated heterocycles. The fraction of sp³-hybridized carbons (Fsp3) is 0.422. The third-order valence-corrected chi connectivity index (χ3v) is 22.1. The van der Waals surface area contributed by atoms with Crippen LogP contribution in [0.2, 0.25) is 5.02 Å². The number of esters is 1. The molecular formula is C83H97ClF2N18O16. The summed E-state index contributed by atoms with van der Waals surface area (Å²) in [7, 11) is 0. The maximum absolute atomic E-state index is 15.7. The molecule has 37 heteroatoms. The average molecular weight is 1680 g/mol. The topological polar surface area (TPSA) is 505 Å². The summed E-state index contributed by atoms with van der Waals surface area (Å²) in [5.41, 5.74) is 22.8. The first kappa shape index (κ1) is 87.1. The Balaban J connectivity index is 0.658. The van der Waals surface area contributed by atoms with Gasteiger partial charge in [0.2, 0.25) is 29.5 Å². The first-order valence-electron chi connectivity index (χ1n) is 39.8. The second-order valence-electron chi connectivity index (χ2n) is 30.5. The van der Waals surface area contributed by atoms with Gasteiger partial charge in [-0.2, -0.15) is 0 Å². The maximum Gasteiger partial charge on any atom is 0.407 e. The minimum absolute atomic E-state index is 0.00439. The summed E-state index contributed by atoms with van der Waals surface area (Å²) in [5.74, 6) is -7.32. The van der Waals surface area contributed by atoms with Crippen LogP contribution in [-0.4, -0.2) is 177 Å². The standard InChI is InChI=1S/C83H97ClF2N18O16/c1-6-83(117)55-35-63-71-53(38-104(63)79(113)54(55)40-119-80(83)114)68-58(14-12-50-43(5)56(86)36-62(97-71)67(50)68)101-82(116)120-39-44-9-11-49(34-51(44)75(109)92-23-21-87)95-76(110)59(8-7-22-93-81(89)115)100-78(112)70(41(2)3)102-77(111)60(15-16-66(107)108)96-65(106)20-29-118-28-19-64(105)90-24-25-91-73-69(74-98-57-13-10-46(84)33-61(57)99-74)72(103-26-17-48(88)18-27-103)52(37-94-73)45-30-42(4)31-47(85)32-45/h9-11,13,30-37,41,48,58-60,70,117H,6-8,12,14-29,38-40,87-88H2,1-5H3,(H,90,105)(H,91,94)(H,92,109)(H,95,110)(H,96,106)(H,98,99)(H,100,112)(H,101,116)(H,102,111)(H,107,108)(H3,89,93,115)/t58-,59-,60-,70-,83-/m0/s1. The Kier molecular flexibility index (Phi) is 27.7. The van der Waals surface area contributed by atoms with Gasteiger partial charge in [-0.1, -0.05) is 44.5 Å². The van der Waals surface area contributed by atoms with Crippen molar-refractivity contribution < 1.29 is 81.1 Å². The van der Waals surface area contributed by atoms with Crippen LogP contribution in [0.4, 0.5) is 35.6 Å². The van der Waals surface area contributed by atoms with Crippen molar-refractivity contribution in [2.24, 2.45) is 23.1 Å². The minimum atomic E-state index is -2.12. The Hall–Kier alpha value is -12.3. The number of aliphatic hydroxyl groups is 1. The summed E-state index contributed by atoms with van der Waals surface area (Å²) in [6.07, 6.45) is 1.15. The van der Waals surface area contributed by atoms with Gasteiger partial charge in [0.15, 0.2) is 5.60 Å². The van der Waals surface area contributed by atoms with Crippen LogP contribution in [0, 0.1) is 31.4 Å². The highest BCUT2D eigenvalue weighted by molar-refractivity contribution is 6.31. The number of anilines is 3. The third-order valence-electron chi connectivity index (χ3n) is 21.9. The Labute approximate surface area is 692 Å². The van der Waals surface area contributed by atoms with E-state index in [2.05, 4.69) is 57.7 Å². The number of imidazole rings is 1. The van der Waals surface area contributed by atoms with Crippen LogP contribution < -0.4 is 75.5 Å². The zero-order chi connectivity index (χ0) is 86.0. The largest absolute Gasteiger partial charge is 0.481 e. The van der Waals surface area contributed by atoms with E-state index < -0.39 is 126 Å². The molecule has 0 unspecified atom stereocenters. The van der Waals surface area contributed by atoms with Crippen molar-refractivity contribution >= 4 is 110 Å². The summed E-state index contributed by atoms with van der Waals surface area (Å²) in [5, 5.41) is 47.0. The molecular weight excluding hydrogens is 1580 g/mol. The maximum atomic E-state index is 15.7. The minimum Gasteiger partial charge on any atom is -0.481 e. The van der Waals surface area contributed by atoms with E-state index in [-0.39, 0.29) is 154 Å². The quantitative estimate of drug-likeness (QED) is 0.0156. The van der Waals surface area contributed by atoms with E-state index in [9.17, 15) is 63.0 Å². The first-order chi connectivity index (χ1) is 57.4. The van der Waals surface area contributed by atoms with E-state index in [0.29, 0.717) is 104 Å². The molecule has 4 aromatic carbocycles. The van der Waals surface area contributed by atoms with E-state index in [1.165, 1.54) is 47.0 Å². The van der Waals surface area contributed by atoms with Gasteiger partial charge in [-0.25, -0.2) is 38.1 Å². The van der Waals surface area contributed by atoms with Crippen molar-refractivity contribution in [1.29, 1.82) is 0 Å². The number of piperidine rings is 1. The summed E-state index contributed by atoms with van der Waals surface area (Å²) in [4.78, 5) is 169. The van der Waals surface area contributed by atoms with Crippen molar-refractivity contribution in [3.05, 3.63) is 150 Å². The second kappa shape index (κ2) is 38.2. The molecule has 4 aliphatic rings. The van der Waals surface area contributed by atoms with Crippen LogP contribution in [0.1, 0.15) is 146 Å². The summed E-state index contributed by atoms with van der Waals surface area (Å²) in [6.45, 7) is 8.55. The van der Waals surface area contributed by atoms with E-state index in [0.717, 1.165) is 11.3 Å². The van der Waals surface area contributed by atoms with Crippen molar-refractivity contribution in [2.75, 3.05) is 74.6 Å². The van der Waals surface area contributed by atoms with Gasteiger partial charge in [-0.05, 0) is 147 Å². The van der Waals surface area contributed by atoms with Crippen molar-refractivity contribution in [3.63, 3.8) is 0 Å². The van der Waals surface area contributed by atoms with Crippen molar-refractivity contribution in [2.45, 2.75) is 161 Å². The number of carboxylic acid groups (broad SMARTS) is 1. The van der Waals surface area contributed by atoms with Crippen LogP contribution in [0.5, 0.6) is 0 Å². The molecule has 1 aliphatic carbocycles. The molecule has 0 saturated carbocycles. The van der Waals surface area contributed by atoms with Gasteiger partial charge >= 0.3 is 24.1 Å². The highest BCUT2D eigenvalue weighted by Crippen LogP contribution is 2.48. The number of amides is 9. The van der Waals surface area contributed by atoms with E-state index >= 15 is 8.78 Å². The lowest BCUT2D eigenvalue weighted by atomic mass is 9.81. The number of benzene rings is 4. The molecule has 0 radical (unpaired) electrons. The number of aliphatic carboxylic acids is 1.